The highest BCUT2D eigenvalue weighted by atomic mass is 16.5. The van der Waals surface area contributed by atoms with Crippen molar-refractivity contribution >= 4 is 0 Å². The van der Waals surface area contributed by atoms with Crippen molar-refractivity contribution in [2.24, 2.45) is 5.41 Å². The molecule has 3 heteroatoms. The first-order valence-corrected chi connectivity index (χ1v) is 6.03. The second kappa shape index (κ2) is 4.60. The van der Waals surface area contributed by atoms with Crippen molar-refractivity contribution in [1.82, 2.24) is 5.32 Å². The third-order valence-electron chi connectivity index (χ3n) is 3.19. The first-order chi connectivity index (χ1) is 7.63. The van der Waals surface area contributed by atoms with Crippen LogP contribution in [0.15, 0.2) is 16.5 Å². The predicted octanol–water partition coefficient (Wildman–Crippen LogP) is 2.53. The molecule has 1 unspecified atom stereocenters. The molecule has 0 amide bonds. The van der Waals surface area contributed by atoms with Crippen molar-refractivity contribution in [2.45, 2.75) is 33.2 Å². The molecule has 90 valence electrons. The Morgan fingerprint density at radius 1 is 1.44 bits per heavy atom. The van der Waals surface area contributed by atoms with E-state index in [1.54, 1.807) is 0 Å². The smallest absolute Gasteiger partial charge is 0.120 e. The van der Waals surface area contributed by atoms with Gasteiger partial charge in [0.25, 0.3) is 0 Å². The van der Waals surface area contributed by atoms with E-state index in [4.69, 9.17) is 9.15 Å². The van der Waals surface area contributed by atoms with Crippen molar-refractivity contribution < 1.29 is 9.15 Å². The maximum Gasteiger partial charge on any atom is 0.120 e. The molecule has 16 heavy (non-hydrogen) atoms. The van der Waals surface area contributed by atoms with Crippen LogP contribution in [0, 0.1) is 5.41 Å². The van der Waals surface area contributed by atoms with Crippen molar-refractivity contribution in [1.29, 1.82) is 0 Å². The maximum absolute atomic E-state index is 5.72. The molecule has 2 heterocycles. The molecule has 0 bridgehead atoms. The van der Waals surface area contributed by atoms with Gasteiger partial charge in [-0.05, 0) is 19.1 Å². The van der Waals surface area contributed by atoms with E-state index in [1.807, 2.05) is 0 Å². The van der Waals surface area contributed by atoms with Crippen LogP contribution in [0.25, 0.3) is 0 Å². The Bertz CT molecular complexity index is 341. The quantitative estimate of drug-likeness (QED) is 0.833. The summed E-state index contributed by atoms with van der Waals surface area (Å²) in [6, 6.07) is 4.40. The second-order valence-corrected chi connectivity index (χ2v) is 5.06. The molecule has 0 spiro atoms. The minimum atomic E-state index is 0.276. The van der Waals surface area contributed by atoms with Gasteiger partial charge in [0.15, 0.2) is 0 Å². The summed E-state index contributed by atoms with van der Waals surface area (Å²) in [6.45, 7) is 9.21. The minimum Gasteiger partial charge on any atom is -0.464 e. The van der Waals surface area contributed by atoms with E-state index in [9.17, 15) is 0 Å². The van der Waals surface area contributed by atoms with Crippen LogP contribution in [0.1, 0.15) is 38.3 Å². The van der Waals surface area contributed by atoms with Gasteiger partial charge in [0.05, 0.1) is 19.3 Å². The van der Waals surface area contributed by atoms with Crippen LogP contribution in [0.2, 0.25) is 0 Å². The zero-order valence-electron chi connectivity index (χ0n) is 10.4. The average Bonchev–Trinajstić information content (AvgIpc) is 2.71. The normalized spacial score (nSPS) is 20.4. The van der Waals surface area contributed by atoms with E-state index in [0.29, 0.717) is 5.41 Å². The first-order valence-electron chi connectivity index (χ1n) is 6.03. The Hall–Kier alpha value is -0.800. The van der Waals surface area contributed by atoms with E-state index in [-0.39, 0.29) is 6.04 Å². The lowest BCUT2D eigenvalue weighted by atomic mass is 9.88. The molecule has 3 nitrogen and oxygen atoms in total. The summed E-state index contributed by atoms with van der Waals surface area (Å²) in [5.74, 6) is 2.09. The van der Waals surface area contributed by atoms with Crippen LogP contribution < -0.4 is 5.32 Å². The van der Waals surface area contributed by atoms with Crippen molar-refractivity contribution in [3.63, 3.8) is 0 Å². The zero-order chi connectivity index (χ0) is 11.6. The van der Waals surface area contributed by atoms with Crippen LogP contribution in [0.5, 0.6) is 0 Å². The average molecular weight is 223 g/mol. The van der Waals surface area contributed by atoms with E-state index >= 15 is 0 Å². The highest BCUT2D eigenvalue weighted by Crippen LogP contribution is 2.26. The number of aryl methyl sites for hydroxylation is 1. The summed E-state index contributed by atoms with van der Waals surface area (Å²) < 4.78 is 11.0. The number of hydrogen-bond donors (Lipinski definition) is 1. The summed E-state index contributed by atoms with van der Waals surface area (Å²) in [4.78, 5) is 0. The van der Waals surface area contributed by atoms with E-state index in [1.165, 1.54) is 0 Å². The Kier molecular flexibility index (Phi) is 3.36. The molecule has 1 aromatic rings. The Labute approximate surface area is 97.2 Å². The van der Waals surface area contributed by atoms with Crippen LogP contribution in [-0.2, 0) is 11.2 Å². The minimum absolute atomic E-state index is 0.276. The van der Waals surface area contributed by atoms with Gasteiger partial charge in [-0.1, -0.05) is 13.8 Å². The van der Waals surface area contributed by atoms with E-state index in [2.05, 4.69) is 38.2 Å². The second-order valence-electron chi connectivity index (χ2n) is 5.06. The lowest BCUT2D eigenvalue weighted by Crippen LogP contribution is -2.47. The zero-order valence-corrected chi connectivity index (χ0v) is 10.4. The monoisotopic (exact) mass is 223 g/mol. The number of rotatable bonds is 5. The molecular formula is C13H21NO2. The van der Waals surface area contributed by atoms with Crippen LogP contribution >= 0.6 is 0 Å². The van der Waals surface area contributed by atoms with Gasteiger partial charge < -0.3 is 14.5 Å². The molecule has 1 atom stereocenters. The molecule has 1 aliphatic heterocycles. The number of hydrogen-bond acceptors (Lipinski definition) is 3. The summed E-state index contributed by atoms with van der Waals surface area (Å²) in [7, 11) is 0. The van der Waals surface area contributed by atoms with Gasteiger partial charge >= 0.3 is 0 Å². The predicted molar refractivity (Wildman–Crippen MR) is 63.4 cm³/mol. The fourth-order valence-electron chi connectivity index (χ4n) is 1.87. The fourth-order valence-corrected chi connectivity index (χ4v) is 1.87. The van der Waals surface area contributed by atoms with E-state index in [0.717, 1.165) is 37.7 Å². The summed E-state index contributed by atoms with van der Waals surface area (Å²) in [5.41, 5.74) is 0.314. The molecule has 2 rings (SSSR count). The molecular weight excluding hydrogens is 202 g/mol. The third kappa shape index (κ3) is 2.47. The van der Waals surface area contributed by atoms with Crippen LogP contribution in [0.3, 0.4) is 0 Å². The highest BCUT2D eigenvalue weighted by Gasteiger charge is 2.33. The summed E-state index contributed by atoms with van der Waals surface area (Å²) in [6.07, 6.45) is 0.957. The number of furan rings is 1. The summed E-state index contributed by atoms with van der Waals surface area (Å²) >= 11 is 0. The first kappa shape index (κ1) is 11.7. The molecule has 1 fully saturated rings. The standard InChI is InChI=1S/C13H21NO2/c1-4-11-5-6-12(16-11)10(2)14-7-13(3)8-15-9-13/h5-6,10,14H,4,7-9H2,1-3H3. The molecule has 0 saturated carbocycles. The van der Waals surface area contributed by atoms with Gasteiger partial charge in [0.1, 0.15) is 11.5 Å². The largest absolute Gasteiger partial charge is 0.464 e. The van der Waals surface area contributed by atoms with Gasteiger partial charge in [-0.3, -0.25) is 0 Å². The maximum atomic E-state index is 5.72. The fraction of sp³-hybridized carbons (Fsp3) is 0.692. The van der Waals surface area contributed by atoms with Crippen molar-refractivity contribution in [2.75, 3.05) is 19.8 Å². The van der Waals surface area contributed by atoms with Crippen molar-refractivity contribution in [3.8, 4) is 0 Å². The Morgan fingerprint density at radius 2 is 2.19 bits per heavy atom. The molecule has 1 N–H and O–H groups in total. The number of ether oxygens (including phenoxy) is 1. The third-order valence-corrected chi connectivity index (χ3v) is 3.19. The van der Waals surface area contributed by atoms with Crippen LogP contribution in [0.4, 0.5) is 0 Å². The molecule has 0 radical (unpaired) electrons. The molecule has 1 aliphatic rings. The van der Waals surface area contributed by atoms with Gasteiger partial charge in [0, 0.05) is 18.4 Å². The Morgan fingerprint density at radius 3 is 2.69 bits per heavy atom. The summed E-state index contributed by atoms with van der Waals surface area (Å²) in [5, 5.41) is 3.51. The highest BCUT2D eigenvalue weighted by molar-refractivity contribution is 5.10. The molecule has 0 aromatic carbocycles. The van der Waals surface area contributed by atoms with Gasteiger partial charge in [-0.25, -0.2) is 0 Å². The van der Waals surface area contributed by atoms with Crippen molar-refractivity contribution in [3.05, 3.63) is 23.7 Å². The molecule has 1 saturated heterocycles. The Balaban J connectivity index is 1.85. The number of nitrogens with one attached hydrogen (secondary N) is 1. The van der Waals surface area contributed by atoms with Crippen LogP contribution in [-0.4, -0.2) is 19.8 Å². The molecule has 0 aliphatic carbocycles. The van der Waals surface area contributed by atoms with Gasteiger partial charge in [-0.15, -0.1) is 0 Å². The van der Waals surface area contributed by atoms with Gasteiger partial charge in [0.2, 0.25) is 0 Å². The SMILES string of the molecule is CCc1ccc(C(C)NCC2(C)COC2)o1. The van der Waals surface area contributed by atoms with E-state index < -0.39 is 0 Å². The lowest BCUT2D eigenvalue weighted by Gasteiger charge is -2.38. The lowest BCUT2D eigenvalue weighted by molar-refractivity contribution is -0.100. The molecule has 1 aromatic heterocycles. The topological polar surface area (TPSA) is 34.4 Å². The van der Waals surface area contributed by atoms with Gasteiger partial charge in [-0.2, -0.15) is 0 Å².